The number of rotatable bonds is 3. The van der Waals surface area contributed by atoms with Crippen LogP contribution < -0.4 is 5.73 Å². The van der Waals surface area contributed by atoms with Crippen molar-refractivity contribution >= 4 is 11.8 Å². The van der Waals surface area contributed by atoms with Gasteiger partial charge in [-0.3, -0.25) is 19.4 Å². The van der Waals surface area contributed by atoms with E-state index < -0.39 is 5.91 Å². The summed E-state index contributed by atoms with van der Waals surface area (Å²) in [5, 5.41) is 3.59. The Morgan fingerprint density at radius 3 is 2.79 bits per heavy atom. The average molecular weight is 336 g/mol. The van der Waals surface area contributed by atoms with Crippen molar-refractivity contribution in [2.24, 2.45) is 5.73 Å². The lowest BCUT2D eigenvalue weighted by Gasteiger charge is -2.49. The Labute approximate surface area is 140 Å². The molecule has 2 aliphatic rings. The number of primary amides is 1. The van der Waals surface area contributed by atoms with Crippen molar-refractivity contribution in [2.75, 3.05) is 40.3 Å². The van der Waals surface area contributed by atoms with E-state index in [-0.39, 0.29) is 17.3 Å². The van der Waals surface area contributed by atoms with Crippen molar-refractivity contribution in [3.8, 4) is 0 Å². The van der Waals surface area contributed by atoms with Gasteiger partial charge in [0.1, 0.15) is 0 Å². The number of carbonyl (C=O) groups excluding carboxylic acids is 2. The highest BCUT2D eigenvalue weighted by Gasteiger charge is 2.42. The largest absolute Gasteiger partial charge is 0.363 e. The van der Waals surface area contributed by atoms with Gasteiger partial charge < -0.3 is 15.2 Å². The third-order valence-electron chi connectivity index (χ3n) is 5.27. The molecule has 1 aromatic heterocycles. The number of likely N-dealkylation sites (N-methyl/N-ethyl adjacent to an activating group) is 1. The van der Waals surface area contributed by atoms with Gasteiger partial charge in [0.15, 0.2) is 0 Å². The van der Waals surface area contributed by atoms with E-state index in [0.29, 0.717) is 18.9 Å². The Bertz CT molecular complexity index is 632. The molecule has 2 fully saturated rings. The molecule has 0 saturated carbocycles. The van der Waals surface area contributed by atoms with E-state index in [4.69, 9.17) is 10.3 Å². The predicted octanol–water partition coefficient (Wildman–Crippen LogP) is -0.703. The summed E-state index contributed by atoms with van der Waals surface area (Å²) in [5.74, 6) is -0.175. The summed E-state index contributed by atoms with van der Waals surface area (Å²) in [6.45, 7) is 3.87. The Balaban J connectivity index is 1.70. The number of piperazine rings is 1. The smallest absolute Gasteiger partial charge is 0.290 e. The molecule has 2 aliphatic heterocycles. The molecule has 1 spiro atoms. The molecule has 3 rings (SSSR count). The van der Waals surface area contributed by atoms with E-state index in [1.54, 1.807) is 0 Å². The van der Waals surface area contributed by atoms with Crippen molar-refractivity contribution in [1.82, 2.24) is 24.8 Å². The highest BCUT2D eigenvalue weighted by Crippen LogP contribution is 2.32. The minimum atomic E-state index is -0.690. The van der Waals surface area contributed by atoms with Crippen LogP contribution in [0.3, 0.4) is 0 Å². The van der Waals surface area contributed by atoms with Crippen molar-refractivity contribution in [2.45, 2.75) is 31.3 Å². The summed E-state index contributed by atoms with van der Waals surface area (Å²) in [6.07, 6.45) is 2.36. The van der Waals surface area contributed by atoms with Gasteiger partial charge in [0.25, 0.3) is 11.7 Å². The summed E-state index contributed by atoms with van der Waals surface area (Å²) < 4.78 is 5.11. The molecule has 3 heterocycles. The van der Waals surface area contributed by atoms with Gasteiger partial charge in [0.05, 0.1) is 6.54 Å². The quantitative estimate of drug-likeness (QED) is 0.777. The SMILES string of the molecule is CN1CCC2(CCC1=O)CN(Cc1nc(C(N)=O)no1)CCN2C. The molecule has 9 heteroatoms. The van der Waals surface area contributed by atoms with Crippen LogP contribution in [0.4, 0.5) is 0 Å². The van der Waals surface area contributed by atoms with Crippen LogP contribution in [0.25, 0.3) is 0 Å². The standard InChI is InChI=1S/C15H24N6O3/c1-19-6-5-15(4-3-12(19)22)10-21(8-7-20(15)2)9-11-17-14(13(16)23)18-24-11/h3-10H2,1-2H3,(H2,16,23). The Morgan fingerprint density at radius 2 is 2.08 bits per heavy atom. The lowest BCUT2D eigenvalue weighted by molar-refractivity contribution is -0.129. The second-order valence-corrected chi connectivity index (χ2v) is 6.80. The maximum Gasteiger partial charge on any atom is 0.290 e. The molecule has 1 aromatic rings. The molecular formula is C15H24N6O3. The van der Waals surface area contributed by atoms with Crippen LogP contribution >= 0.6 is 0 Å². The molecule has 132 valence electrons. The van der Waals surface area contributed by atoms with E-state index in [1.165, 1.54) is 0 Å². The molecule has 0 radical (unpaired) electrons. The number of aromatic nitrogens is 2. The first-order valence-electron chi connectivity index (χ1n) is 8.19. The maximum atomic E-state index is 12.0. The molecule has 0 aromatic carbocycles. The summed E-state index contributed by atoms with van der Waals surface area (Å²) >= 11 is 0. The van der Waals surface area contributed by atoms with Gasteiger partial charge >= 0.3 is 0 Å². The Kier molecular flexibility index (Phi) is 4.55. The summed E-state index contributed by atoms with van der Waals surface area (Å²) in [6, 6.07) is 0. The van der Waals surface area contributed by atoms with Gasteiger partial charge in [-0.25, -0.2) is 0 Å². The molecule has 1 atom stereocenters. The van der Waals surface area contributed by atoms with Gasteiger partial charge in [-0.2, -0.15) is 4.98 Å². The lowest BCUT2D eigenvalue weighted by Crippen LogP contribution is -2.60. The highest BCUT2D eigenvalue weighted by atomic mass is 16.5. The molecule has 0 aliphatic carbocycles. The normalized spacial score (nSPS) is 26.8. The zero-order valence-corrected chi connectivity index (χ0v) is 14.2. The van der Waals surface area contributed by atoms with E-state index in [2.05, 4.69) is 27.0 Å². The first kappa shape index (κ1) is 16.8. The molecule has 2 N–H and O–H groups in total. The van der Waals surface area contributed by atoms with Crippen molar-refractivity contribution in [3.05, 3.63) is 11.7 Å². The van der Waals surface area contributed by atoms with E-state index in [1.807, 2.05) is 11.9 Å². The molecule has 24 heavy (non-hydrogen) atoms. The fourth-order valence-corrected chi connectivity index (χ4v) is 3.59. The molecule has 2 saturated heterocycles. The molecule has 9 nitrogen and oxygen atoms in total. The van der Waals surface area contributed by atoms with Gasteiger partial charge in [-0.15, -0.1) is 0 Å². The average Bonchev–Trinajstić information content (AvgIpc) is 2.97. The Morgan fingerprint density at radius 1 is 1.29 bits per heavy atom. The predicted molar refractivity (Wildman–Crippen MR) is 84.9 cm³/mol. The van der Waals surface area contributed by atoms with Crippen LogP contribution in [0.15, 0.2) is 4.52 Å². The van der Waals surface area contributed by atoms with Crippen molar-refractivity contribution in [3.63, 3.8) is 0 Å². The third kappa shape index (κ3) is 3.27. The van der Waals surface area contributed by atoms with Crippen LogP contribution in [0.1, 0.15) is 35.8 Å². The summed E-state index contributed by atoms with van der Waals surface area (Å²) in [7, 11) is 4.00. The summed E-state index contributed by atoms with van der Waals surface area (Å²) in [5.41, 5.74) is 5.13. The van der Waals surface area contributed by atoms with Gasteiger partial charge in [0.2, 0.25) is 11.8 Å². The monoisotopic (exact) mass is 336 g/mol. The number of likely N-dealkylation sites (tertiary alicyclic amines) is 1. The minimum absolute atomic E-state index is 0.0226. The van der Waals surface area contributed by atoms with E-state index in [0.717, 1.165) is 39.0 Å². The van der Waals surface area contributed by atoms with Crippen LogP contribution in [0.2, 0.25) is 0 Å². The lowest BCUT2D eigenvalue weighted by atomic mass is 9.86. The van der Waals surface area contributed by atoms with E-state index in [9.17, 15) is 9.59 Å². The number of nitrogens with zero attached hydrogens (tertiary/aromatic N) is 5. The molecule has 1 unspecified atom stereocenters. The molecule has 0 bridgehead atoms. The van der Waals surface area contributed by atoms with Crippen LogP contribution in [-0.2, 0) is 11.3 Å². The van der Waals surface area contributed by atoms with E-state index >= 15 is 0 Å². The van der Waals surface area contributed by atoms with Crippen LogP contribution in [0.5, 0.6) is 0 Å². The topological polar surface area (TPSA) is 109 Å². The van der Waals surface area contributed by atoms with Crippen LogP contribution in [0, 0.1) is 0 Å². The number of nitrogens with two attached hydrogens (primary N) is 1. The minimum Gasteiger partial charge on any atom is -0.363 e. The number of hydrogen-bond acceptors (Lipinski definition) is 7. The zero-order chi connectivity index (χ0) is 17.3. The van der Waals surface area contributed by atoms with Crippen LogP contribution in [-0.4, -0.2) is 82.5 Å². The van der Waals surface area contributed by atoms with Crippen molar-refractivity contribution in [1.29, 1.82) is 0 Å². The Hall–Kier alpha value is -2.00. The fourth-order valence-electron chi connectivity index (χ4n) is 3.59. The van der Waals surface area contributed by atoms with Gasteiger partial charge in [-0.1, -0.05) is 5.16 Å². The number of carbonyl (C=O) groups is 2. The van der Waals surface area contributed by atoms with Gasteiger partial charge in [0, 0.05) is 45.2 Å². The molecule has 2 amide bonds. The van der Waals surface area contributed by atoms with Crippen molar-refractivity contribution < 1.29 is 14.1 Å². The number of amides is 2. The summed E-state index contributed by atoms with van der Waals surface area (Å²) in [4.78, 5) is 33.5. The third-order valence-corrected chi connectivity index (χ3v) is 5.27. The zero-order valence-electron chi connectivity index (χ0n) is 14.2. The second kappa shape index (κ2) is 6.48. The first-order chi connectivity index (χ1) is 11.4. The fraction of sp³-hybridized carbons (Fsp3) is 0.733. The highest BCUT2D eigenvalue weighted by molar-refractivity contribution is 5.88. The van der Waals surface area contributed by atoms with Gasteiger partial charge in [-0.05, 0) is 19.9 Å². The molecular weight excluding hydrogens is 312 g/mol. The first-order valence-corrected chi connectivity index (χ1v) is 8.19. The maximum absolute atomic E-state index is 12.0. The second-order valence-electron chi connectivity index (χ2n) is 6.80. The number of hydrogen-bond donors (Lipinski definition) is 1.